The average molecular weight is 196 g/mol. The molecule has 0 aromatic carbocycles. The van der Waals surface area contributed by atoms with E-state index < -0.39 is 0 Å². The lowest BCUT2D eigenvalue weighted by Crippen LogP contribution is -2.12. The number of nitrogens with zero attached hydrogens (tertiary/aromatic N) is 2. The van der Waals surface area contributed by atoms with Crippen LogP contribution in [-0.4, -0.2) is 16.0 Å². The molecule has 68 valence electrons. The van der Waals surface area contributed by atoms with Crippen LogP contribution in [0.4, 0.5) is 0 Å². The minimum Gasteiger partial charge on any atom is -0.478 e. The Hall–Kier alpha value is -1.36. The lowest BCUT2D eigenvalue weighted by molar-refractivity contribution is 0.327. The molecule has 0 aliphatic rings. The zero-order chi connectivity index (χ0) is 9.26. The minimum absolute atomic E-state index is 0.102. The van der Waals surface area contributed by atoms with Crippen molar-refractivity contribution in [3.63, 3.8) is 0 Å². The normalized spacial score (nSPS) is 10.5. The molecule has 0 radical (unpaired) electrons. The number of aromatic nitrogens is 2. The predicted molar refractivity (Wildman–Crippen MR) is 50.5 cm³/mol. The Morgan fingerprint density at radius 3 is 3.31 bits per heavy atom. The molecular weight excluding hydrogens is 188 g/mol. The van der Waals surface area contributed by atoms with Gasteiger partial charge < -0.3 is 4.74 Å². The van der Waals surface area contributed by atoms with E-state index in [2.05, 4.69) is 4.98 Å². The fraction of sp³-hybridized carbons (Fsp3) is 0.250. The predicted octanol–water partition coefficient (Wildman–Crippen LogP) is 1.15. The third-order valence-corrected chi connectivity index (χ3v) is 2.33. The van der Waals surface area contributed by atoms with Crippen molar-refractivity contribution in [2.45, 2.75) is 6.92 Å². The molecule has 13 heavy (non-hydrogen) atoms. The molecule has 0 fully saturated rings. The molecule has 5 heteroatoms. The molecule has 2 aromatic rings. The lowest BCUT2D eigenvalue weighted by Gasteiger charge is -2.00. The highest BCUT2D eigenvalue weighted by Crippen LogP contribution is 2.10. The monoisotopic (exact) mass is 196 g/mol. The number of rotatable bonds is 2. The zero-order valence-corrected chi connectivity index (χ0v) is 7.87. The van der Waals surface area contributed by atoms with Crippen LogP contribution >= 0.6 is 11.3 Å². The van der Waals surface area contributed by atoms with Crippen molar-refractivity contribution >= 4 is 16.3 Å². The van der Waals surface area contributed by atoms with E-state index >= 15 is 0 Å². The van der Waals surface area contributed by atoms with Gasteiger partial charge in [-0.25, -0.2) is 0 Å². The van der Waals surface area contributed by atoms with Gasteiger partial charge in [0.1, 0.15) is 0 Å². The quantitative estimate of drug-likeness (QED) is 0.723. The van der Waals surface area contributed by atoms with Crippen LogP contribution in [0.3, 0.4) is 0 Å². The van der Waals surface area contributed by atoms with E-state index in [9.17, 15) is 4.79 Å². The van der Waals surface area contributed by atoms with E-state index in [4.69, 9.17) is 4.74 Å². The summed E-state index contributed by atoms with van der Waals surface area (Å²) in [6.07, 6.45) is 1.70. The van der Waals surface area contributed by atoms with Crippen molar-refractivity contribution in [3.8, 4) is 5.88 Å². The van der Waals surface area contributed by atoms with E-state index in [1.54, 1.807) is 6.20 Å². The molecule has 2 rings (SSSR count). The third kappa shape index (κ3) is 1.42. The Kier molecular flexibility index (Phi) is 2.02. The first kappa shape index (κ1) is 8.25. The second kappa shape index (κ2) is 3.18. The van der Waals surface area contributed by atoms with Crippen molar-refractivity contribution in [1.82, 2.24) is 9.38 Å². The highest BCUT2D eigenvalue weighted by molar-refractivity contribution is 7.15. The van der Waals surface area contributed by atoms with Crippen LogP contribution in [0.1, 0.15) is 6.92 Å². The van der Waals surface area contributed by atoms with Gasteiger partial charge in [-0.15, -0.1) is 11.3 Å². The smallest absolute Gasteiger partial charge is 0.262 e. The first-order valence-electron chi connectivity index (χ1n) is 3.91. The van der Waals surface area contributed by atoms with E-state index in [0.717, 1.165) is 0 Å². The maximum atomic E-state index is 11.4. The number of ether oxygens (including phenoxy) is 1. The lowest BCUT2D eigenvalue weighted by atomic mass is 10.6. The van der Waals surface area contributed by atoms with Gasteiger partial charge >= 0.3 is 0 Å². The first-order chi connectivity index (χ1) is 6.31. The van der Waals surface area contributed by atoms with E-state index in [1.165, 1.54) is 21.8 Å². The molecule has 0 bridgehead atoms. The van der Waals surface area contributed by atoms with Gasteiger partial charge in [0.05, 0.1) is 12.7 Å². The summed E-state index contributed by atoms with van der Waals surface area (Å²) >= 11 is 1.41. The van der Waals surface area contributed by atoms with Crippen LogP contribution in [0.25, 0.3) is 4.96 Å². The summed E-state index contributed by atoms with van der Waals surface area (Å²) in [7, 11) is 0. The molecule has 4 nitrogen and oxygen atoms in total. The van der Waals surface area contributed by atoms with E-state index in [0.29, 0.717) is 17.4 Å². The van der Waals surface area contributed by atoms with Gasteiger partial charge in [-0.05, 0) is 6.92 Å². The van der Waals surface area contributed by atoms with Gasteiger partial charge in [0, 0.05) is 11.6 Å². The van der Waals surface area contributed by atoms with Crippen LogP contribution < -0.4 is 10.3 Å². The molecular formula is C8H8N2O2S. The summed E-state index contributed by atoms with van der Waals surface area (Å²) in [5.41, 5.74) is -0.102. The molecule has 0 amide bonds. The summed E-state index contributed by atoms with van der Waals surface area (Å²) in [6.45, 7) is 2.38. The maximum Gasteiger partial charge on any atom is 0.262 e. The van der Waals surface area contributed by atoms with Crippen LogP contribution in [0.2, 0.25) is 0 Å². The van der Waals surface area contributed by atoms with Gasteiger partial charge in [-0.1, -0.05) is 0 Å². The van der Waals surface area contributed by atoms with Gasteiger partial charge in [0.25, 0.3) is 5.56 Å². The summed E-state index contributed by atoms with van der Waals surface area (Å²) in [5.74, 6) is 0.398. The average Bonchev–Trinajstić information content (AvgIpc) is 2.53. The Bertz CT molecular complexity index is 474. The third-order valence-electron chi connectivity index (χ3n) is 1.57. The zero-order valence-electron chi connectivity index (χ0n) is 7.06. The molecule has 0 aliphatic carbocycles. The molecule has 0 spiro atoms. The summed E-state index contributed by atoms with van der Waals surface area (Å²) in [4.78, 5) is 16.2. The fourth-order valence-corrected chi connectivity index (χ4v) is 1.76. The number of hydrogen-bond acceptors (Lipinski definition) is 4. The number of hydrogen-bond donors (Lipinski definition) is 0. The number of fused-ring (bicyclic) bond motifs is 1. The second-order valence-corrected chi connectivity index (χ2v) is 3.29. The summed E-state index contributed by atoms with van der Waals surface area (Å²) < 4.78 is 6.64. The molecule has 0 saturated heterocycles. The SMILES string of the molecule is CCOc1cc(=O)n2ccsc2n1. The van der Waals surface area contributed by atoms with E-state index in [1.807, 2.05) is 12.3 Å². The standard InChI is InChI=1S/C8H8N2O2S/c1-2-12-6-5-7(11)10-3-4-13-8(10)9-6/h3-5H,2H2,1H3. The largest absolute Gasteiger partial charge is 0.478 e. The van der Waals surface area contributed by atoms with Crippen molar-refractivity contribution in [1.29, 1.82) is 0 Å². The van der Waals surface area contributed by atoms with Gasteiger partial charge in [-0.3, -0.25) is 9.20 Å². The minimum atomic E-state index is -0.102. The Labute approximate surface area is 78.4 Å². The van der Waals surface area contributed by atoms with E-state index in [-0.39, 0.29) is 5.56 Å². The van der Waals surface area contributed by atoms with Crippen LogP contribution in [0, 0.1) is 0 Å². The van der Waals surface area contributed by atoms with Gasteiger partial charge in [0.15, 0.2) is 4.96 Å². The van der Waals surface area contributed by atoms with Crippen LogP contribution in [0.5, 0.6) is 5.88 Å². The van der Waals surface area contributed by atoms with Crippen LogP contribution in [0.15, 0.2) is 22.4 Å². The van der Waals surface area contributed by atoms with Crippen LogP contribution in [-0.2, 0) is 0 Å². The number of thiazole rings is 1. The second-order valence-electron chi connectivity index (χ2n) is 2.42. The first-order valence-corrected chi connectivity index (χ1v) is 4.79. The van der Waals surface area contributed by atoms with Crippen molar-refractivity contribution in [2.24, 2.45) is 0 Å². The van der Waals surface area contributed by atoms with Crippen molar-refractivity contribution in [2.75, 3.05) is 6.61 Å². The topological polar surface area (TPSA) is 43.6 Å². The maximum absolute atomic E-state index is 11.4. The molecule has 2 aromatic heterocycles. The van der Waals surface area contributed by atoms with Crippen molar-refractivity contribution < 1.29 is 4.74 Å². The summed E-state index contributed by atoms with van der Waals surface area (Å²) in [6, 6.07) is 1.39. The Morgan fingerprint density at radius 2 is 2.54 bits per heavy atom. The Balaban J connectivity index is 2.63. The molecule has 0 unspecified atom stereocenters. The summed E-state index contributed by atoms with van der Waals surface area (Å²) in [5, 5.41) is 1.82. The molecule has 0 N–H and O–H groups in total. The fourth-order valence-electron chi connectivity index (χ4n) is 1.04. The van der Waals surface area contributed by atoms with Gasteiger partial charge in [0.2, 0.25) is 5.88 Å². The highest BCUT2D eigenvalue weighted by atomic mass is 32.1. The highest BCUT2D eigenvalue weighted by Gasteiger charge is 2.02. The van der Waals surface area contributed by atoms with Gasteiger partial charge in [-0.2, -0.15) is 4.98 Å². The molecule has 0 atom stereocenters. The Morgan fingerprint density at radius 1 is 1.69 bits per heavy atom. The molecule has 0 aliphatic heterocycles. The molecule has 2 heterocycles. The molecule has 0 saturated carbocycles. The van der Waals surface area contributed by atoms with Crippen molar-refractivity contribution in [3.05, 3.63) is 28.0 Å².